The first-order valence-corrected chi connectivity index (χ1v) is 6.93. The summed E-state index contributed by atoms with van der Waals surface area (Å²) in [5, 5.41) is 20.4. The Bertz CT molecular complexity index is 879. The molecule has 1 unspecified atom stereocenters. The topological polar surface area (TPSA) is 82.9 Å². The van der Waals surface area contributed by atoms with Crippen molar-refractivity contribution in [1.29, 1.82) is 5.26 Å². The first-order chi connectivity index (χ1) is 10.6. The van der Waals surface area contributed by atoms with Gasteiger partial charge in [0.2, 0.25) is 0 Å². The predicted molar refractivity (Wildman–Crippen MR) is 86.1 cm³/mol. The highest BCUT2D eigenvalue weighted by atomic mass is 16.3. The number of pyridine rings is 1. The smallest absolute Gasteiger partial charge is 0.121 e. The molecule has 3 N–H and O–H groups in total. The summed E-state index contributed by atoms with van der Waals surface area (Å²) >= 11 is 0. The van der Waals surface area contributed by atoms with Crippen LogP contribution >= 0.6 is 0 Å². The number of aromatic nitrogens is 1. The number of aliphatic hydroxyl groups excluding tert-OH is 1. The summed E-state index contributed by atoms with van der Waals surface area (Å²) in [6, 6.07) is 16.4. The van der Waals surface area contributed by atoms with E-state index in [2.05, 4.69) is 11.1 Å². The molecule has 2 aromatic carbocycles. The highest BCUT2D eigenvalue weighted by molar-refractivity contribution is 5.85. The molecule has 0 aliphatic heterocycles. The second-order valence-corrected chi connectivity index (χ2v) is 5.28. The van der Waals surface area contributed by atoms with Gasteiger partial charge in [0.15, 0.2) is 0 Å². The number of rotatable bonds is 2. The van der Waals surface area contributed by atoms with Gasteiger partial charge in [-0.3, -0.25) is 0 Å². The van der Waals surface area contributed by atoms with Crippen molar-refractivity contribution in [1.82, 2.24) is 4.98 Å². The summed E-state index contributed by atoms with van der Waals surface area (Å²) < 4.78 is 0. The second kappa shape index (κ2) is 5.47. The minimum absolute atomic E-state index is 0.561. The van der Waals surface area contributed by atoms with Gasteiger partial charge in [-0.15, -0.1) is 0 Å². The molecule has 0 aliphatic rings. The van der Waals surface area contributed by atoms with Crippen molar-refractivity contribution in [3.63, 3.8) is 0 Å². The van der Waals surface area contributed by atoms with Crippen LogP contribution in [0.4, 0.5) is 5.69 Å². The molecule has 0 spiro atoms. The number of fused-ring (bicyclic) bond motifs is 1. The van der Waals surface area contributed by atoms with Crippen LogP contribution in [0.25, 0.3) is 10.9 Å². The highest BCUT2D eigenvalue weighted by Gasteiger charge is 2.14. The normalized spacial score (nSPS) is 12.0. The lowest BCUT2D eigenvalue weighted by Gasteiger charge is -2.13. The van der Waals surface area contributed by atoms with Crippen molar-refractivity contribution in [3.8, 4) is 6.07 Å². The average Bonchev–Trinajstić information content (AvgIpc) is 2.53. The molecule has 0 aliphatic carbocycles. The third-order valence-electron chi connectivity index (χ3n) is 3.70. The third kappa shape index (κ3) is 2.50. The number of anilines is 1. The van der Waals surface area contributed by atoms with Gasteiger partial charge in [-0.25, -0.2) is 4.98 Å². The van der Waals surface area contributed by atoms with E-state index in [-0.39, 0.29) is 0 Å². The molecule has 0 fully saturated rings. The molecule has 22 heavy (non-hydrogen) atoms. The van der Waals surface area contributed by atoms with Gasteiger partial charge in [-0.1, -0.05) is 18.2 Å². The summed E-state index contributed by atoms with van der Waals surface area (Å²) in [5.41, 5.74) is 10.1. The lowest BCUT2D eigenvalue weighted by atomic mass is 10.0. The molecule has 4 nitrogen and oxygen atoms in total. The summed E-state index contributed by atoms with van der Waals surface area (Å²) in [6.07, 6.45) is -0.836. The van der Waals surface area contributed by atoms with E-state index >= 15 is 0 Å². The fourth-order valence-corrected chi connectivity index (χ4v) is 2.50. The van der Waals surface area contributed by atoms with E-state index in [1.807, 2.05) is 25.1 Å². The molecule has 4 heteroatoms. The lowest BCUT2D eigenvalue weighted by Crippen LogP contribution is -2.03. The Labute approximate surface area is 128 Å². The maximum absolute atomic E-state index is 10.5. The molecule has 0 bridgehead atoms. The van der Waals surface area contributed by atoms with Gasteiger partial charge in [0.25, 0.3) is 0 Å². The lowest BCUT2D eigenvalue weighted by molar-refractivity contribution is 0.215. The van der Waals surface area contributed by atoms with Crippen LogP contribution in [0, 0.1) is 18.3 Å². The van der Waals surface area contributed by atoms with Gasteiger partial charge >= 0.3 is 0 Å². The van der Waals surface area contributed by atoms with E-state index in [0.29, 0.717) is 22.5 Å². The fourth-order valence-electron chi connectivity index (χ4n) is 2.50. The number of nitrogens with zero attached hydrogens (tertiary/aromatic N) is 2. The van der Waals surface area contributed by atoms with Crippen LogP contribution in [0.1, 0.15) is 28.5 Å². The standard InChI is InChI=1S/C18H15N3O/c1-11-8-17(21-16-9-14(20)6-7-15(11)16)18(22)13-4-2-12(10-19)3-5-13/h2-9,18,22H,20H2,1H3. The number of nitrogens with two attached hydrogens (primary N) is 1. The molecule has 0 amide bonds. The van der Waals surface area contributed by atoms with Gasteiger partial charge in [0.1, 0.15) is 6.10 Å². The number of benzene rings is 2. The van der Waals surface area contributed by atoms with Crippen LogP contribution in [0.3, 0.4) is 0 Å². The van der Waals surface area contributed by atoms with E-state index in [1.165, 1.54) is 0 Å². The maximum atomic E-state index is 10.5. The largest absolute Gasteiger partial charge is 0.399 e. The third-order valence-corrected chi connectivity index (χ3v) is 3.70. The van der Waals surface area contributed by atoms with Crippen LogP contribution < -0.4 is 5.73 Å². The Kier molecular flexibility index (Phi) is 3.50. The molecule has 0 saturated carbocycles. The van der Waals surface area contributed by atoms with Gasteiger partial charge in [-0.2, -0.15) is 5.26 Å². The molecule has 1 aromatic heterocycles. The van der Waals surface area contributed by atoms with Crippen molar-refractivity contribution in [2.75, 3.05) is 5.73 Å². The Morgan fingerprint density at radius 1 is 1.14 bits per heavy atom. The van der Waals surface area contributed by atoms with Crippen molar-refractivity contribution < 1.29 is 5.11 Å². The van der Waals surface area contributed by atoms with Crippen LogP contribution in [-0.2, 0) is 0 Å². The van der Waals surface area contributed by atoms with Gasteiger partial charge in [0, 0.05) is 11.1 Å². The van der Waals surface area contributed by atoms with Crippen LogP contribution in [0.15, 0.2) is 48.5 Å². The number of aliphatic hydroxyl groups is 1. The summed E-state index contributed by atoms with van der Waals surface area (Å²) in [6.45, 7) is 1.98. The molecule has 3 aromatic rings. The van der Waals surface area contributed by atoms with Gasteiger partial charge < -0.3 is 10.8 Å². The first kappa shape index (κ1) is 14.1. The van der Waals surface area contributed by atoms with Crippen LogP contribution in [-0.4, -0.2) is 10.1 Å². The Balaban J connectivity index is 2.06. The molecule has 0 saturated heterocycles. The molecule has 0 radical (unpaired) electrons. The Morgan fingerprint density at radius 3 is 2.55 bits per heavy atom. The minimum Gasteiger partial charge on any atom is -0.399 e. The zero-order valence-corrected chi connectivity index (χ0v) is 12.1. The molecular formula is C18H15N3O. The van der Waals surface area contributed by atoms with Crippen LogP contribution in [0.5, 0.6) is 0 Å². The quantitative estimate of drug-likeness (QED) is 0.710. The van der Waals surface area contributed by atoms with Crippen LogP contribution in [0.2, 0.25) is 0 Å². The number of hydrogen-bond donors (Lipinski definition) is 2. The second-order valence-electron chi connectivity index (χ2n) is 5.28. The van der Waals surface area contributed by atoms with E-state index in [0.717, 1.165) is 16.5 Å². The fraction of sp³-hybridized carbons (Fsp3) is 0.111. The molecule has 108 valence electrons. The van der Waals surface area contributed by atoms with Gasteiger partial charge in [-0.05, 0) is 48.4 Å². The van der Waals surface area contributed by atoms with Crippen molar-refractivity contribution in [2.24, 2.45) is 0 Å². The van der Waals surface area contributed by atoms with E-state index in [1.54, 1.807) is 30.3 Å². The zero-order valence-electron chi connectivity index (χ0n) is 12.1. The highest BCUT2D eigenvalue weighted by Crippen LogP contribution is 2.26. The predicted octanol–water partition coefficient (Wildman–Crippen LogP) is 3.08. The maximum Gasteiger partial charge on any atom is 0.121 e. The number of nitriles is 1. The Morgan fingerprint density at radius 2 is 1.86 bits per heavy atom. The first-order valence-electron chi connectivity index (χ1n) is 6.93. The van der Waals surface area contributed by atoms with Gasteiger partial charge in [0.05, 0.1) is 22.8 Å². The molecule has 1 heterocycles. The number of aryl methyl sites for hydroxylation is 1. The zero-order chi connectivity index (χ0) is 15.7. The summed E-state index contributed by atoms with van der Waals surface area (Å²) in [7, 11) is 0. The van der Waals surface area contributed by atoms with E-state index in [4.69, 9.17) is 11.0 Å². The van der Waals surface area contributed by atoms with Crippen molar-refractivity contribution in [2.45, 2.75) is 13.0 Å². The summed E-state index contributed by atoms with van der Waals surface area (Å²) in [5.74, 6) is 0. The van der Waals surface area contributed by atoms with E-state index < -0.39 is 6.10 Å². The molecule has 3 rings (SSSR count). The molecule has 1 atom stereocenters. The Hall–Kier alpha value is -2.90. The van der Waals surface area contributed by atoms with Crippen molar-refractivity contribution >= 4 is 16.6 Å². The van der Waals surface area contributed by atoms with Crippen molar-refractivity contribution in [3.05, 3.63) is 70.9 Å². The van der Waals surface area contributed by atoms with E-state index in [9.17, 15) is 5.11 Å². The average molecular weight is 289 g/mol. The molecular weight excluding hydrogens is 274 g/mol. The monoisotopic (exact) mass is 289 g/mol. The number of nitrogen functional groups attached to an aromatic ring is 1. The number of hydrogen-bond acceptors (Lipinski definition) is 4. The SMILES string of the molecule is Cc1cc(C(O)c2ccc(C#N)cc2)nc2cc(N)ccc12. The summed E-state index contributed by atoms with van der Waals surface area (Å²) in [4.78, 5) is 4.52. The minimum atomic E-state index is -0.836.